The number of benzene rings is 2. The van der Waals surface area contributed by atoms with Crippen LogP contribution in [0.25, 0.3) is 0 Å². The molecule has 3 atom stereocenters. The van der Waals surface area contributed by atoms with Gasteiger partial charge in [0.15, 0.2) is 0 Å². The quantitative estimate of drug-likeness (QED) is 0.684. The van der Waals surface area contributed by atoms with Crippen molar-refractivity contribution in [2.45, 2.75) is 37.5 Å². The van der Waals surface area contributed by atoms with E-state index in [1.54, 1.807) is 54.4 Å². The van der Waals surface area contributed by atoms with Crippen LogP contribution in [0.15, 0.2) is 42.5 Å². The molecule has 2 aromatic carbocycles. The largest absolute Gasteiger partial charge is 0.490 e. The van der Waals surface area contributed by atoms with Crippen molar-refractivity contribution < 1.29 is 28.6 Å². The van der Waals surface area contributed by atoms with E-state index in [-0.39, 0.29) is 49.1 Å². The molecule has 4 rings (SSSR count). The molecule has 1 fully saturated rings. The number of rotatable bonds is 4. The van der Waals surface area contributed by atoms with Crippen molar-refractivity contribution in [2.24, 2.45) is 0 Å². The number of methoxy groups -OCH3 is 1. The Labute approximate surface area is 196 Å². The second-order valence-corrected chi connectivity index (χ2v) is 8.56. The summed E-state index contributed by atoms with van der Waals surface area (Å²) in [5, 5.41) is 3.26. The molecule has 9 heteroatoms. The molecule has 0 aromatic heterocycles. The second kappa shape index (κ2) is 9.80. The van der Waals surface area contributed by atoms with E-state index >= 15 is 0 Å². The highest BCUT2D eigenvalue weighted by molar-refractivity contribution is 6.31. The number of hydrogen-bond acceptors (Lipinski definition) is 6. The molecule has 0 radical (unpaired) electrons. The SMILES string of the molecule is COC(=O)C[C@H]1CC[C@H]2[C@H](COc3ccc(NC(=O)c4cccc(Cl)c4)cc3C(=O)N2C)O1. The third-order valence-corrected chi connectivity index (χ3v) is 6.21. The number of nitrogens with zero attached hydrogens (tertiary/aromatic N) is 1. The number of esters is 1. The number of hydrogen-bond donors (Lipinski definition) is 1. The molecule has 2 amide bonds. The number of amides is 2. The standard InChI is InChI=1S/C24H25ClN2O6/c1-27-19-8-7-17(12-22(28)31-2)33-21(19)13-32-20-9-6-16(11-18(20)24(27)30)26-23(29)14-4-3-5-15(25)10-14/h3-6,9-11,17,19,21H,7-8,12-13H2,1-2H3,(H,26,29)/t17-,19+,21+/m1/s1. The molecule has 1 saturated heterocycles. The molecule has 2 heterocycles. The van der Waals surface area contributed by atoms with Crippen molar-refractivity contribution >= 4 is 35.1 Å². The van der Waals surface area contributed by atoms with Crippen LogP contribution in [0.4, 0.5) is 5.69 Å². The van der Waals surface area contributed by atoms with Gasteiger partial charge in [-0.2, -0.15) is 0 Å². The fourth-order valence-corrected chi connectivity index (χ4v) is 4.40. The maximum absolute atomic E-state index is 13.3. The van der Waals surface area contributed by atoms with Crippen LogP contribution in [0.5, 0.6) is 5.75 Å². The second-order valence-electron chi connectivity index (χ2n) is 8.12. The number of fused-ring (bicyclic) bond motifs is 2. The topological polar surface area (TPSA) is 94.2 Å². The number of likely N-dealkylation sites (N-methyl/N-ethyl adjacent to an activating group) is 1. The Morgan fingerprint density at radius 3 is 2.79 bits per heavy atom. The smallest absolute Gasteiger partial charge is 0.308 e. The number of halogens is 1. The number of carbonyl (C=O) groups is 3. The van der Waals surface area contributed by atoms with E-state index < -0.39 is 0 Å². The summed E-state index contributed by atoms with van der Waals surface area (Å²) in [6, 6.07) is 11.4. The zero-order valence-corrected chi connectivity index (χ0v) is 19.1. The van der Waals surface area contributed by atoms with Crippen molar-refractivity contribution in [3.63, 3.8) is 0 Å². The monoisotopic (exact) mass is 472 g/mol. The van der Waals surface area contributed by atoms with Crippen LogP contribution in [0.1, 0.15) is 40.0 Å². The highest BCUT2D eigenvalue weighted by atomic mass is 35.5. The Morgan fingerprint density at radius 2 is 2.03 bits per heavy atom. The molecule has 0 spiro atoms. The van der Waals surface area contributed by atoms with Gasteiger partial charge in [0.25, 0.3) is 11.8 Å². The minimum Gasteiger partial charge on any atom is -0.490 e. The summed E-state index contributed by atoms with van der Waals surface area (Å²) < 4.78 is 16.8. The van der Waals surface area contributed by atoms with E-state index in [1.165, 1.54) is 7.11 Å². The van der Waals surface area contributed by atoms with Crippen LogP contribution in [0.3, 0.4) is 0 Å². The van der Waals surface area contributed by atoms with Crippen LogP contribution in [0, 0.1) is 0 Å². The predicted molar refractivity (Wildman–Crippen MR) is 122 cm³/mol. The summed E-state index contributed by atoms with van der Waals surface area (Å²) in [4.78, 5) is 39.1. The Kier molecular flexibility index (Phi) is 6.85. The van der Waals surface area contributed by atoms with Gasteiger partial charge in [-0.25, -0.2) is 0 Å². The van der Waals surface area contributed by atoms with Crippen molar-refractivity contribution in [1.82, 2.24) is 4.90 Å². The van der Waals surface area contributed by atoms with E-state index in [4.69, 9.17) is 25.8 Å². The van der Waals surface area contributed by atoms with Gasteiger partial charge in [0.05, 0.1) is 31.2 Å². The molecule has 0 aliphatic carbocycles. The first-order valence-corrected chi connectivity index (χ1v) is 11.1. The molecule has 2 aliphatic rings. The maximum atomic E-state index is 13.3. The van der Waals surface area contributed by atoms with Gasteiger partial charge in [-0.05, 0) is 49.2 Å². The molecule has 2 aromatic rings. The maximum Gasteiger partial charge on any atom is 0.308 e. The number of carbonyl (C=O) groups excluding carboxylic acids is 3. The average Bonchev–Trinajstić information content (AvgIpc) is 2.81. The van der Waals surface area contributed by atoms with Gasteiger partial charge in [0.2, 0.25) is 0 Å². The average molecular weight is 473 g/mol. The van der Waals surface area contributed by atoms with Crippen LogP contribution < -0.4 is 10.1 Å². The lowest BCUT2D eigenvalue weighted by molar-refractivity contribution is -0.151. The molecule has 8 nitrogen and oxygen atoms in total. The summed E-state index contributed by atoms with van der Waals surface area (Å²) in [7, 11) is 3.08. The summed E-state index contributed by atoms with van der Waals surface area (Å²) in [6.07, 6.45) is 0.852. The van der Waals surface area contributed by atoms with Crippen LogP contribution in [-0.4, -0.2) is 61.7 Å². The predicted octanol–water partition coefficient (Wildman–Crippen LogP) is 3.54. The van der Waals surface area contributed by atoms with Gasteiger partial charge in [-0.15, -0.1) is 0 Å². The zero-order valence-electron chi connectivity index (χ0n) is 18.4. The highest BCUT2D eigenvalue weighted by Crippen LogP contribution is 2.32. The molecule has 33 heavy (non-hydrogen) atoms. The molecular weight excluding hydrogens is 448 g/mol. The molecule has 174 valence electrons. The molecule has 1 N–H and O–H groups in total. The van der Waals surface area contributed by atoms with E-state index in [0.717, 1.165) is 0 Å². The van der Waals surface area contributed by atoms with Gasteiger partial charge in [0, 0.05) is 23.3 Å². The third kappa shape index (κ3) is 5.12. The molecular formula is C24H25ClN2O6. The molecule has 0 saturated carbocycles. The fourth-order valence-electron chi connectivity index (χ4n) is 4.21. The lowest BCUT2D eigenvalue weighted by Gasteiger charge is -2.42. The van der Waals surface area contributed by atoms with Gasteiger partial charge in [-0.3, -0.25) is 14.4 Å². The van der Waals surface area contributed by atoms with E-state index in [9.17, 15) is 14.4 Å². The van der Waals surface area contributed by atoms with Gasteiger partial charge in [0.1, 0.15) is 18.5 Å². The van der Waals surface area contributed by atoms with Crippen molar-refractivity contribution in [3.05, 3.63) is 58.6 Å². The van der Waals surface area contributed by atoms with Crippen LogP contribution in [0.2, 0.25) is 5.02 Å². The number of nitrogens with one attached hydrogen (secondary N) is 1. The molecule has 0 bridgehead atoms. The summed E-state index contributed by atoms with van der Waals surface area (Å²) in [5.74, 6) is -0.479. The molecule has 0 unspecified atom stereocenters. The lowest BCUT2D eigenvalue weighted by Crippen LogP contribution is -2.53. The van der Waals surface area contributed by atoms with Gasteiger partial charge < -0.3 is 24.4 Å². The summed E-state index contributed by atoms with van der Waals surface area (Å²) >= 11 is 5.97. The van der Waals surface area contributed by atoms with E-state index in [1.807, 2.05) is 0 Å². The summed E-state index contributed by atoms with van der Waals surface area (Å²) in [5.41, 5.74) is 1.24. The van der Waals surface area contributed by atoms with Crippen molar-refractivity contribution in [2.75, 3.05) is 26.1 Å². The summed E-state index contributed by atoms with van der Waals surface area (Å²) in [6.45, 7) is 0.237. The van der Waals surface area contributed by atoms with Gasteiger partial charge >= 0.3 is 5.97 Å². The van der Waals surface area contributed by atoms with Crippen LogP contribution in [-0.2, 0) is 14.3 Å². The Balaban J connectivity index is 1.52. The Hall–Kier alpha value is -3.10. The third-order valence-electron chi connectivity index (χ3n) is 5.98. The first-order valence-electron chi connectivity index (χ1n) is 10.7. The number of anilines is 1. The lowest BCUT2D eigenvalue weighted by atomic mass is 9.94. The first kappa shape index (κ1) is 23.1. The molecule has 2 aliphatic heterocycles. The fraction of sp³-hybridized carbons (Fsp3) is 0.375. The van der Waals surface area contributed by atoms with Crippen molar-refractivity contribution in [3.8, 4) is 5.75 Å². The van der Waals surface area contributed by atoms with E-state index in [0.29, 0.717) is 40.4 Å². The van der Waals surface area contributed by atoms with E-state index in [2.05, 4.69) is 5.32 Å². The Bertz CT molecular complexity index is 1070. The zero-order chi connectivity index (χ0) is 23.5. The van der Waals surface area contributed by atoms with Crippen molar-refractivity contribution in [1.29, 1.82) is 0 Å². The first-order chi connectivity index (χ1) is 15.9. The minimum atomic E-state index is -0.363. The van der Waals surface area contributed by atoms with Crippen LogP contribution >= 0.6 is 11.6 Å². The Morgan fingerprint density at radius 1 is 1.21 bits per heavy atom. The normalized spacial score (nSPS) is 22.2. The number of ether oxygens (including phenoxy) is 3. The van der Waals surface area contributed by atoms with Gasteiger partial charge in [-0.1, -0.05) is 17.7 Å². The minimum absolute atomic E-state index is 0.170. The highest BCUT2D eigenvalue weighted by Gasteiger charge is 2.39.